The molecule has 1 fully saturated rings. The zero-order chi connectivity index (χ0) is 15.7. The number of carbonyl (C=O) groups excluding carboxylic acids is 1. The van der Waals surface area contributed by atoms with Gasteiger partial charge in [-0.1, -0.05) is 0 Å². The van der Waals surface area contributed by atoms with Crippen molar-refractivity contribution in [3.8, 4) is 10.8 Å². The molecule has 0 unspecified atom stereocenters. The van der Waals surface area contributed by atoms with Crippen molar-refractivity contribution in [2.24, 2.45) is 0 Å². The van der Waals surface area contributed by atoms with Crippen LogP contribution in [0.5, 0.6) is 0 Å². The molecule has 0 bridgehead atoms. The Morgan fingerprint density at radius 2 is 2.32 bits per heavy atom. The molecule has 1 atom stereocenters. The number of aliphatic carboxylic acids is 1. The maximum atomic E-state index is 12.3. The molecule has 1 saturated heterocycles. The molecule has 2 aromatic rings. The smallest absolute Gasteiger partial charge is 0.326 e. The van der Waals surface area contributed by atoms with Gasteiger partial charge in [0.1, 0.15) is 11.8 Å². The van der Waals surface area contributed by atoms with Crippen LogP contribution in [0.25, 0.3) is 10.8 Å². The largest absolute Gasteiger partial charge is 0.480 e. The second-order valence-electron chi connectivity index (χ2n) is 5.31. The molecule has 0 spiro atoms. The summed E-state index contributed by atoms with van der Waals surface area (Å²) in [6, 6.07) is 3.02. The minimum absolute atomic E-state index is 0.125. The Morgan fingerprint density at radius 3 is 3.00 bits per heavy atom. The number of aryl methyl sites for hydroxylation is 1. The number of furan rings is 1. The lowest BCUT2D eigenvalue weighted by Gasteiger charge is -2.20. The summed E-state index contributed by atoms with van der Waals surface area (Å²) in [4.78, 5) is 29.3. The molecule has 0 aromatic carbocycles. The van der Waals surface area contributed by atoms with E-state index in [0.29, 0.717) is 24.4 Å². The first-order valence-corrected chi connectivity index (χ1v) is 7.96. The molecule has 1 amide bonds. The van der Waals surface area contributed by atoms with Crippen LogP contribution in [-0.2, 0) is 16.0 Å². The molecule has 3 rings (SSSR count). The summed E-state index contributed by atoms with van der Waals surface area (Å²) < 4.78 is 5.51. The van der Waals surface area contributed by atoms with Gasteiger partial charge in [-0.05, 0) is 31.9 Å². The van der Waals surface area contributed by atoms with Gasteiger partial charge >= 0.3 is 5.97 Å². The Kier molecular flexibility index (Phi) is 3.98. The van der Waals surface area contributed by atoms with Gasteiger partial charge in [-0.3, -0.25) is 4.79 Å². The van der Waals surface area contributed by atoms with Crippen LogP contribution in [0, 0.1) is 6.92 Å². The first kappa shape index (κ1) is 14.8. The van der Waals surface area contributed by atoms with Crippen LogP contribution >= 0.6 is 11.3 Å². The van der Waals surface area contributed by atoms with Crippen LogP contribution in [0.1, 0.15) is 24.3 Å². The lowest BCUT2D eigenvalue weighted by Crippen LogP contribution is -2.41. The Balaban J connectivity index is 1.70. The number of carbonyl (C=O) groups is 2. The first-order valence-electron chi connectivity index (χ1n) is 7.08. The SMILES string of the molecule is Cc1ccc(-c2nc(CC(=O)N3CCC[C@H]3C(=O)O)cs2)o1. The van der Waals surface area contributed by atoms with E-state index in [9.17, 15) is 9.59 Å². The minimum atomic E-state index is -0.934. The van der Waals surface area contributed by atoms with Gasteiger partial charge in [0, 0.05) is 11.9 Å². The highest BCUT2D eigenvalue weighted by molar-refractivity contribution is 7.13. The second kappa shape index (κ2) is 5.92. The van der Waals surface area contributed by atoms with E-state index in [0.717, 1.165) is 17.2 Å². The number of likely N-dealkylation sites (tertiary alicyclic amines) is 1. The lowest BCUT2D eigenvalue weighted by atomic mass is 10.2. The fourth-order valence-electron chi connectivity index (χ4n) is 2.63. The predicted molar refractivity (Wildman–Crippen MR) is 80.6 cm³/mol. The van der Waals surface area contributed by atoms with E-state index in [1.807, 2.05) is 24.4 Å². The standard InChI is InChI=1S/C15H16N2O4S/c1-9-4-5-12(21-9)14-16-10(8-22-14)7-13(18)17-6-2-3-11(17)15(19)20/h4-5,8,11H,2-3,6-7H2,1H3,(H,19,20)/t11-/m0/s1. The van der Waals surface area contributed by atoms with Crippen LogP contribution in [0.4, 0.5) is 0 Å². The lowest BCUT2D eigenvalue weighted by molar-refractivity contribution is -0.148. The van der Waals surface area contributed by atoms with Gasteiger partial charge in [-0.15, -0.1) is 11.3 Å². The van der Waals surface area contributed by atoms with Crippen LogP contribution < -0.4 is 0 Å². The summed E-state index contributed by atoms with van der Waals surface area (Å²) in [6.07, 6.45) is 1.38. The molecular weight excluding hydrogens is 304 g/mol. The Morgan fingerprint density at radius 1 is 1.50 bits per heavy atom. The highest BCUT2D eigenvalue weighted by atomic mass is 32.1. The zero-order valence-corrected chi connectivity index (χ0v) is 12.9. The van der Waals surface area contributed by atoms with Crippen molar-refractivity contribution in [1.29, 1.82) is 0 Å². The molecule has 1 N–H and O–H groups in total. The molecule has 116 valence electrons. The molecule has 0 aliphatic carbocycles. The monoisotopic (exact) mass is 320 g/mol. The number of rotatable bonds is 4. The van der Waals surface area contributed by atoms with Crippen LogP contribution in [-0.4, -0.2) is 39.5 Å². The van der Waals surface area contributed by atoms with Gasteiger partial charge in [-0.2, -0.15) is 0 Å². The second-order valence-corrected chi connectivity index (χ2v) is 6.17. The van der Waals surface area contributed by atoms with Gasteiger partial charge in [-0.25, -0.2) is 9.78 Å². The molecule has 1 aliphatic heterocycles. The van der Waals surface area contributed by atoms with Crippen molar-refractivity contribution in [1.82, 2.24) is 9.88 Å². The Hall–Kier alpha value is -2.15. The summed E-state index contributed by atoms with van der Waals surface area (Å²) in [5.41, 5.74) is 0.648. The molecule has 1 aliphatic rings. The molecule has 0 radical (unpaired) electrons. The van der Waals surface area contributed by atoms with Gasteiger partial charge in [0.15, 0.2) is 10.8 Å². The van der Waals surface area contributed by atoms with Crippen LogP contribution in [0.3, 0.4) is 0 Å². The molecule has 6 nitrogen and oxygen atoms in total. The van der Waals surface area contributed by atoms with E-state index in [1.165, 1.54) is 16.2 Å². The maximum Gasteiger partial charge on any atom is 0.326 e. The van der Waals surface area contributed by atoms with Crippen molar-refractivity contribution < 1.29 is 19.1 Å². The van der Waals surface area contributed by atoms with Crippen molar-refractivity contribution in [2.45, 2.75) is 32.2 Å². The van der Waals surface area contributed by atoms with Crippen LogP contribution in [0.2, 0.25) is 0 Å². The Labute approximate surface area is 131 Å². The first-order chi connectivity index (χ1) is 10.5. The third-order valence-corrected chi connectivity index (χ3v) is 4.60. The number of amides is 1. The van der Waals surface area contributed by atoms with Crippen molar-refractivity contribution in [3.05, 3.63) is 29.0 Å². The van der Waals surface area contributed by atoms with E-state index in [4.69, 9.17) is 9.52 Å². The average Bonchev–Trinajstić information content (AvgIpc) is 3.16. The molecule has 2 aromatic heterocycles. The van der Waals surface area contributed by atoms with E-state index in [1.54, 1.807) is 0 Å². The van der Waals surface area contributed by atoms with E-state index >= 15 is 0 Å². The number of aromatic nitrogens is 1. The minimum Gasteiger partial charge on any atom is -0.480 e. The molecule has 7 heteroatoms. The van der Waals surface area contributed by atoms with Crippen LogP contribution in [0.15, 0.2) is 21.9 Å². The molecular formula is C15H16N2O4S. The van der Waals surface area contributed by atoms with Gasteiger partial charge in [0.05, 0.1) is 12.1 Å². The summed E-state index contributed by atoms with van der Waals surface area (Å²) in [5, 5.41) is 11.7. The average molecular weight is 320 g/mol. The number of carboxylic acid groups (broad SMARTS) is 1. The number of hydrogen-bond acceptors (Lipinski definition) is 5. The van der Waals surface area contributed by atoms with Crippen molar-refractivity contribution in [3.63, 3.8) is 0 Å². The quantitative estimate of drug-likeness (QED) is 0.934. The fourth-order valence-corrected chi connectivity index (χ4v) is 3.41. The highest BCUT2D eigenvalue weighted by Crippen LogP contribution is 2.26. The van der Waals surface area contributed by atoms with E-state index < -0.39 is 12.0 Å². The zero-order valence-electron chi connectivity index (χ0n) is 12.1. The highest BCUT2D eigenvalue weighted by Gasteiger charge is 2.33. The van der Waals surface area contributed by atoms with E-state index in [-0.39, 0.29) is 12.3 Å². The third kappa shape index (κ3) is 2.89. The van der Waals surface area contributed by atoms with Gasteiger partial charge in [0.2, 0.25) is 5.91 Å². The van der Waals surface area contributed by atoms with Crippen molar-refractivity contribution >= 4 is 23.2 Å². The number of nitrogens with zero attached hydrogens (tertiary/aromatic N) is 2. The van der Waals surface area contributed by atoms with Gasteiger partial charge < -0.3 is 14.4 Å². The molecule has 22 heavy (non-hydrogen) atoms. The number of thiazole rings is 1. The maximum absolute atomic E-state index is 12.3. The van der Waals surface area contributed by atoms with Crippen molar-refractivity contribution in [2.75, 3.05) is 6.54 Å². The summed E-state index contributed by atoms with van der Waals surface area (Å²) in [5.74, 6) is 0.378. The summed E-state index contributed by atoms with van der Waals surface area (Å²) in [6.45, 7) is 2.37. The normalized spacial score (nSPS) is 17.9. The molecule has 0 saturated carbocycles. The molecule has 3 heterocycles. The number of hydrogen-bond donors (Lipinski definition) is 1. The fraction of sp³-hybridized carbons (Fsp3) is 0.400. The third-order valence-electron chi connectivity index (χ3n) is 3.69. The summed E-state index contributed by atoms with van der Waals surface area (Å²) in [7, 11) is 0. The summed E-state index contributed by atoms with van der Waals surface area (Å²) >= 11 is 1.42. The predicted octanol–water partition coefficient (Wildman–Crippen LogP) is 2.33. The Bertz CT molecular complexity index is 706. The topological polar surface area (TPSA) is 83.6 Å². The van der Waals surface area contributed by atoms with Gasteiger partial charge in [0.25, 0.3) is 0 Å². The number of carboxylic acids is 1. The van der Waals surface area contributed by atoms with E-state index in [2.05, 4.69) is 4.98 Å².